The second-order valence-corrected chi connectivity index (χ2v) is 4.49. The highest BCUT2D eigenvalue weighted by molar-refractivity contribution is 6.07. The molecule has 17 heavy (non-hydrogen) atoms. The Balaban J connectivity index is 2.30. The third-order valence-corrected chi connectivity index (χ3v) is 3.40. The Hall–Kier alpha value is -1.80. The van der Waals surface area contributed by atoms with E-state index in [2.05, 4.69) is 54.4 Å². The minimum atomic E-state index is 0.132. The summed E-state index contributed by atoms with van der Waals surface area (Å²) in [5, 5.41) is 2.54. The van der Waals surface area contributed by atoms with E-state index in [0.29, 0.717) is 0 Å². The molecule has 0 aliphatic carbocycles. The molecule has 1 heterocycles. The number of rotatable bonds is 2. The zero-order valence-electron chi connectivity index (χ0n) is 9.90. The molecular formula is C15H16N2. The first kappa shape index (κ1) is 10.4. The van der Waals surface area contributed by atoms with E-state index in [1.807, 2.05) is 0 Å². The van der Waals surface area contributed by atoms with Crippen LogP contribution in [0.5, 0.6) is 0 Å². The maximum atomic E-state index is 6.09. The van der Waals surface area contributed by atoms with E-state index in [1.54, 1.807) is 0 Å². The lowest BCUT2D eigenvalue weighted by Crippen LogP contribution is -2.07. The van der Waals surface area contributed by atoms with E-state index >= 15 is 0 Å². The van der Waals surface area contributed by atoms with Gasteiger partial charge in [-0.3, -0.25) is 0 Å². The monoisotopic (exact) mass is 224 g/mol. The maximum Gasteiger partial charge on any atom is 0.0465 e. The van der Waals surface area contributed by atoms with Gasteiger partial charge in [-0.05, 0) is 30.2 Å². The molecule has 2 aromatic carbocycles. The Morgan fingerprint density at radius 2 is 1.82 bits per heavy atom. The van der Waals surface area contributed by atoms with Crippen LogP contribution in [-0.2, 0) is 0 Å². The number of para-hydroxylation sites is 1. The molecule has 0 aliphatic rings. The van der Waals surface area contributed by atoms with Gasteiger partial charge in [0.15, 0.2) is 0 Å². The highest BCUT2D eigenvalue weighted by Gasteiger charge is 2.07. The largest absolute Gasteiger partial charge is 0.355 e. The average molecular weight is 224 g/mol. The number of aromatic amines is 1. The molecule has 0 fully saturated rings. The molecule has 0 saturated carbocycles. The van der Waals surface area contributed by atoms with E-state index in [1.165, 1.54) is 27.4 Å². The van der Waals surface area contributed by atoms with Crippen LogP contribution in [0.25, 0.3) is 21.8 Å². The minimum absolute atomic E-state index is 0.132. The zero-order valence-corrected chi connectivity index (χ0v) is 9.90. The molecule has 0 radical (unpaired) electrons. The lowest BCUT2D eigenvalue weighted by molar-refractivity contribution is 0.700. The molecule has 0 amide bonds. The van der Waals surface area contributed by atoms with Crippen molar-refractivity contribution < 1.29 is 0 Å². The predicted octanol–water partition coefficient (Wildman–Crippen LogP) is 3.73. The fourth-order valence-electron chi connectivity index (χ4n) is 2.33. The predicted molar refractivity (Wildman–Crippen MR) is 73.0 cm³/mol. The summed E-state index contributed by atoms with van der Waals surface area (Å²) in [4.78, 5) is 3.42. The van der Waals surface area contributed by atoms with Crippen LogP contribution in [0.2, 0.25) is 0 Å². The van der Waals surface area contributed by atoms with Gasteiger partial charge < -0.3 is 10.7 Å². The Kier molecular flexibility index (Phi) is 2.37. The van der Waals surface area contributed by atoms with Gasteiger partial charge >= 0.3 is 0 Å². The maximum absolute atomic E-state index is 6.09. The summed E-state index contributed by atoms with van der Waals surface area (Å²) < 4.78 is 0. The van der Waals surface area contributed by atoms with Crippen molar-refractivity contribution in [3.8, 4) is 0 Å². The Morgan fingerprint density at radius 1 is 1.06 bits per heavy atom. The normalized spacial score (nSPS) is 13.3. The van der Waals surface area contributed by atoms with Crippen molar-refractivity contribution in [1.82, 2.24) is 4.98 Å². The Labute approximate surface area is 100 Å². The van der Waals surface area contributed by atoms with Crippen molar-refractivity contribution in [1.29, 1.82) is 0 Å². The van der Waals surface area contributed by atoms with Gasteiger partial charge in [-0.25, -0.2) is 0 Å². The molecule has 1 aromatic heterocycles. The second-order valence-electron chi connectivity index (χ2n) is 4.49. The van der Waals surface area contributed by atoms with Crippen molar-refractivity contribution in [2.75, 3.05) is 0 Å². The van der Waals surface area contributed by atoms with Crippen LogP contribution < -0.4 is 5.73 Å². The molecule has 3 aromatic rings. The smallest absolute Gasteiger partial charge is 0.0465 e. The molecular weight excluding hydrogens is 208 g/mol. The lowest BCUT2D eigenvalue weighted by Gasteiger charge is -2.08. The highest BCUT2D eigenvalue weighted by Crippen LogP contribution is 2.27. The number of aromatic nitrogens is 1. The second kappa shape index (κ2) is 3.90. The van der Waals surface area contributed by atoms with Crippen molar-refractivity contribution in [3.05, 3.63) is 48.0 Å². The average Bonchev–Trinajstić information content (AvgIpc) is 2.75. The van der Waals surface area contributed by atoms with E-state index in [4.69, 9.17) is 5.73 Å². The highest BCUT2D eigenvalue weighted by atomic mass is 14.7. The number of H-pyrrole nitrogens is 1. The third-order valence-electron chi connectivity index (χ3n) is 3.40. The van der Waals surface area contributed by atoms with Crippen LogP contribution in [0.1, 0.15) is 24.9 Å². The fourth-order valence-corrected chi connectivity index (χ4v) is 2.33. The summed E-state index contributed by atoms with van der Waals surface area (Å²) >= 11 is 0. The van der Waals surface area contributed by atoms with Gasteiger partial charge in [0, 0.05) is 27.8 Å². The molecule has 1 atom stereocenters. The number of hydrogen-bond donors (Lipinski definition) is 2. The standard InChI is InChI=1S/C15H16N2/c1-2-13(16)10-7-8-15-12(9-10)11-5-3-4-6-14(11)17-15/h3-9,13,17H,2,16H2,1H3. The summed E-state index contributed by atoms with van der Waals surface area (Å²) in [5.74, 6) is 0. The Morgan fingerprint density at radius 3 is 2.65 bits per heavy atom. The molecule has 0 spiro atoms. The molecule has 1 unspecified atom stereocenters. The van der Waals surface area contributed by atoms with Gasteiger partial charge in [0.2, 0.25) is 0 Å². The van der Waals surface area contributed by atoms with Crippen LogP contribution in [0, 0.1) is 0 Å². The third kappa shape index (κ3) is 1.61. The topological polar surface area (TPSA) is 41.8 Å². The first-order chi connectivity index (χ1) is 8.29. The summed E-state index contributed by atoms with van der Waals surface area (Å²) in [5.41, 5.74) is 9.66. The van der Waals surface area contributed by atoms with Crippen LogP contribution in [0.3, 0.4) is 0 Å². The molecule has 0 bridgehead atoms. The van der Waals surface area contributed by atoms with Crippen molar-refractivity contribution >= 4 is 21.8 Å². The molecule has 0 aliphatic heterocycles. The summed E-state index contributed by atoms with van der Waals surface area (Å²) in [6.07, 6.45) is 0.966. The van der Waals surface area contributed by atoms with Crippen LogP contribution in [-0.4, -0.2) is 4.98 Å². The van der Waals surface area contributed by atoms with Gasteiger partial charge in [0.1, 0.15) is 0 Å². The van der Waals surface area contributed by atoms with Gasteiger partial charge in [0.25, 0.3) is 0 Å². The van der Waals surface area contributed by atoms with E-state index < -0.39 is 0 Å². The van der Waals surface area contributed by atoms with Gasteiger partial charge in [0.05, 0.1) is 0 Å². The van der Waals surface area contributed by atoms with E-state index in [9.17, 15) is 0 Å². The van der Waals surface area contributed by atoms with E-state index in [0.717, 1.165) is 6.42 Å². The minimum Gasteiger partial charge on any atom is -0.355 e. The molecule has 3 rings (SSSR count). The first-order valence-corrected chi connectivity index (χ1v) is 6.05. The SMILES string of the molecule is CCC(N)c1ccc2[nH]c3ccccc3c2c1. The zero-order chi connectivity index (χ0) is 11.8. The van der Waals surface area contributed by atoms with Crippen LogP contribution >= 0.6 is 0 Å². The number of hydrogen-bond acceptors (Lipinski definition) is 1. The Bertz CT molecular complexity index is 667. The van der Waals surface area contributed by atoms with Gasteiger partial charge in [-0.15, -0.1) is 0 Å². The summed E-state index contributed by atoms with van der Waals surface area (Å²) in [7, 11) is 0. The van der Waals surface area contributed by atoms with Crippen LogP contribution in [0.4, 0.5) is 0 Å². The molecule has 3 N–H and O–H groups in total. The quantitative estimate of drug-likeness (QED) is 0.684. The van der Waals surface area contributed by atoms with E-state index in [-0.39, 0.29) is 6.04 Å². The lowest BCUT2D eigenvalue weighted by atomic mass is 10.0. The van der Waals surface area contributed by atoms with Gasteiger partial charge in [-0.2, -0.15) is 0 Å². The fraction of sp³-hybridized carbons (Fsp3) is 0.200. The number of nitrogens with two attached hydrogens (primary N) is 1. The number of nitrogens with one attached hydrogen (secondary N) is 1. The van der Waals surface area contributed by atoms with Crippen molar-refractivity contribution in [2.24, 2.45) is 5.73 Å². The van der Waals surface area contributed by atoms with Crippen LogP contribution in [0.15, 0.2) is 42.5 Å². The molecule has 2 nitrogen and oxygen atoms in total. The molecule has 0 saturated heterocycles. The van der Waals surface area contributed by atoms with Gasteiger partial charge in [-0.1, -0.05) is 31.2 Å². The van der Waals surface area contributed by atoms with Crippen molar-refractivity contribution in [3.63, 3.8) is 0 Å². The summed E-state index contributed by atoms with van der Waals surface area (Å²) in [6, 6.07) is 15.0. The molecule has 2 heteroatoms. The first-order valence-electron chi connectivity index (χ1n) is 6.05. The summed E-state index contributed by atoms with van der Waals surface area (Å²) in [6.45, 7) is 2.12. The number of benzene rings is 2. The van der Waals surface area contributed by atoms with Crippen molar-refractivity contribution in [2.45, 2.75) is 19.4 Å². The number of fused-ring (bicyclic) bond motifs is 3. The molecule has 86 valence electrons.